The molecule has 0 unspecified atom stereocenters. The monoisotopic (exact) mass is 418 g/mol. The summed E-state index contributed by atoms with van der Waals surface area (Å²) in [5.74, 6) is -0.361. The Kier molecular flexibility index (Phi) is 5.48. The van der Waals surface area contributed by atoms with Gasteiger partial charge in [0.05, 0.1) is 5.69 Å². The first-order valence-corrected chi connectivity index (χ1v) is 10.0. The smallest absolute Gasteiger partial charge is 0.295 e. The Balaban J connectivity index is 1.60. The number of aromatic nitrogens is 4. The van der Waals surface area contributed by atoms with E-state index in [1.807, 2.05) is 44.2 Å². The number of nitrogens with one attached hydrogen (secondary N) is 1. The van der Waals surface area contributed by atoms with Crippen LogP contribution in [-0.2, 0) is 0 Å². The number of benzene rings is 1. The number of fused-ring (bicyclic) bond motifs is 1. The summed E-state index contributed by atoms with van der Waals surface area (Å²) in [6, 6.07) is 13.0. The van der Waals surface area contributed by atoms with E-state index in [1.54, 1.807) is 34.7 Å². The number of aryl methyl sites for hydroxylation is 1. The molecule has 0 saturated heterocycles. The van der Waals surface area contributed by atoms with Crippen LogP contribution in [0, 0.1) is 6.92 Å². The van der Waals surface area contributed by atoms with E-state index in [4.69, 9.17) is 4.52 Å². The summed E-state index contributed by atoms with van der Waals surface area (Å²) in [5.41, 5.74) is 2.52. The molecule has 9 heteroatoms. The molecule has 0 fully saturated rings. The van der Waals surface area contributed by atoms with Crippen LogP contribution in [0.5, 0.6) is 0 Å². The van der Waals surface area contributed by atoms with E-state index in [0.717, 1.165) is 5.56 Å². The summed E-state index contributed by atoms with van der Waals surface area (Å²) in [5, 5.41) is 11.0. The maximum Gasteiger partial charge on any atom is 0.295 e. The summed E-state index contributed by atoms with van der Waals surface area (Å²) in [6.45, 7) is 6.44. The molecular formula is C22H22N6O3. The van der Waals surface area contributed by atoms with E-state index < -0.39 is 5.91 Å². The standard InChI is InChI=1S/C22H22N6O3/c1-4-27(5-2)22(30)18-14(3)26-31-19(18)21(29)23-16-11-12-28-17(13-16)24-20(25-28)15-9-7-6-8-10-15/h6-13H,4-5H2,1-3H3,(H,23,29). The lowest BCUT2D eigenvalue weighted by atomic mass is 10.1. The molecular weight excluding hydrogens is 396 g/mol. The van der Waals surface area contributed by atoms with Crippen molar-refractivity contribution in [2.45, 2.75) is 20.8 Å². The van der Waals surface area contributed by atoms with Crippen LogP contribution in [0.4, 0.5) is 5.69 Å². The van der Waals surface area contributed by atoms with Gasteiger partial charge >= 0.3 is 0 Å². The van der Waals surface area contributed by atoms with Gasteiger partial charge in [0.1, 0.15) is 5.56 Å². The van der Waals surface area contributed by atoms with Gasteiger partial charge in [0.15, 0.2) is 11.5 Å². The van der Waals surface area contributed by atoms with E-state index in [0.29, 0.717) is 35.9 Å². The number of pyridine rings is 1. The van der Waals surface area contributed by atoms with Crippen LogP contribution in [-0.4, -0.2) is 49.6 Å². The molecule has 3 heterocycles. The molecule has 4 aromatic rings. The number of amides is 2. The topological polar surface area (TPSA) is 106 Å². The van der Waals surface area contributed by atoms with Crippen molar-refractivity contribution < 1.29 is 14.1 Å². The first kappa shape index (κ1) is 20.3. The van der Waals surface area contributed by atoms with Crippen LogP contribution in [0.2, 0.25) is 0 Å². The van der Waals surface area contributed by atoms with E-state index in [-0.39, 0.29) is 17.2 Å². The minimum absolute atomic E-state index is 0.110. The van der Waals surface area contributed by atoms with Crippen LogP contribution in [0.1, 0.15) is 40.5 Å². The number of hydrogen-bond donors (Lipinski definition) is 1. The Labute approximate surface area is 178 Å². The molecule has 9 nitrogen and oxygen atoms in total. The molecule has 158 valence electrons. The summed E-state index contributed by atoms with van der Waals surface area (Å²) in [4.78, 5) is 31.8. The zero-order valence-corrected chi connectivity index (χ0v) is 17.5. The van der Waals surface area contributed by atoms with E-state index in [2.05, 4.69) is 20.6 Å². The molecule has 3 aromatic heterocycles. The van der Waals surface area contributed by atoms with E-state index in [9.17, 15) is 9.59 Å². The van der Waals surface area contributed by atoms with Crippen molar-refractivity contribution in [3.8, 4) is 11.4 Å². The van der Waals surface area contributed by atoms with Gasteiger partial charge in [-0.15, -0.1) is 5.10 Å². The Morgan fingerprint density at radius 1 is 1.13 bits per heavy atom. The van der Waals surface area contributed by atoms with Crippen molar-refractivity contribution in [1.82, 2.24) is 24.7 Å². The highest BCUT2D eigenvalue weighted by molar-refractivity contribution is 6.10. The highest BCUT2D eigenvalue weighted by atomic mass is 16.5. The van der Waals surface area contributed by atoms with Crippen molar-refractivity contribution in [1.29, 1.82) is 0 Å². The van der Waals surface area contributed by atoms with Crippen molar-refractivity contribution in [2.24, 2.45) is 0 Å². The number of carbonyl (C=O) groups excluding carboxylic acids is 2. The highest BCUT2D eigenvalue weighted by Crippen LogP contribution is 2.20. The lowest BCUT2D eigenvalue weighted by Crippen LogP contribution is -2.32. The number of anilines is 1. The van der Waals surface area contributed by atoms with Crippen molar-refractivity contribution in [3.05, 3.63) is 65.7 Å². The molecule has 0 aliphatic carbocycles. The third-order valence-electron chi connectivity index (χ3n) is 4.96. The van der Waals surface area contributed by atoms with Gasteiger partial charge in [-0.25, -0.2) is 9.50 Å². The van der Waals surface area contributed by atoms with Gasteiger partial charge in [0, 0.05) is 36.6 Å². The second-order valence-electron chi connectivity index (χ2n) is 6.92. The van der Waals surface area contributed by atoms with Gasteiger partial charge in [-0.1, -0.05) is 35.5 Å². The second kappa shape index (κ2) is 8.39. The Morgan fingerprint density at radius 3 is 2.58 bits per heavy atom. The Bertz CT molecular complexity index is 1240. The average molecular weight is 418 g/mol. The van der Waals surface area contributed by atoms with Crippen molar-refractivity contribution >= 4 is 23.1 Å². The second-order valence-corrected chi connectivity index (χ2v) is 6.92. The number of hydrogen-bond acceptors (Lipinski definition) is 6. The Hall–Kier alpha value is -4.01. The Morgan fingerprint density at radius 2 is 1.87 bits per heavy atom. The maximum atomic E-state index is 12.9. The predicted molar refractivity (Wildman–Crippen MR) is 115 cm³/mol. The number of nitrogens with zero attached hydrogens (tertiary/aromatic N) is 5. The summed E-state index contributed by atoms with van der Waals surface area (Å²) in [7, 11) is 0. The molecule has 0 bridgehead atoms. The molecule has 1 aromatic carbocycles. The van der Waals surface area contributed by atoms with Crippen molar-refractivity contribution in [2.75, 3.05) is 18.4 Å². The van der Waals surface area contributed by atoms with Gasteiger partial charge in [-0.05, 0) is 26.8 Å². The molecule has 0 radical (unpaired) electrons. The molecule has 4 rings (SSSR count). The molecule has 0 atom stereocenters. The minimum Gasteiger partial charge on any atom is -0.350 e. The minimum atomic E-state index is -0.553. The van der Waals surface area contributed by atoms with Gasteiger partial charge in [-0.2, -0.15) is 0 Å². The van der Waals surface area contributed by atoms with Gasteiger partial charge in [0.25, 0.3) is 11.8 Å². The zero-order valence-electron chi connectivity index (χ0n) is 17.5. The molecule has 0 aliphatic rings. The van der Waals surface area contributed by atoms with Crippen LogP contribution in [0.15, 0.2) is 53.2 Å². The third-order valence-corrected chi connectivity index (χ3v) is 4.96. The first-order valence-electron chi connectivity index (χ1n) is 10.0. The fraction of sp³-hybridized carbons (Fsp3) is 0.227. The van der Waals surface area contributed by atoms with E-state index >= 15 is 0 Å². The summed E-state index contributed by atoms with van der Waals surface area (Å²) >= 11 is 0. The van der Waals surface area contributed by atoms with Crippen LogP contribution in [0.3, 0.4) is 0 Å². The SMILES string of the molecule is CCN(CC)C(=O)c1c(C)noc1C(=O)Nc1ccn2nc(-c3ccccc3)nc2c1. The lowest BCUT2D eigenvalue weighted by Gasteiger charge is -2.18. The normalized spacial score (nSPS) is 10.9. The van der Waals surface area contributed by atoms with Gasteiger partial charge in [0.2, 0.25) is 5.76 Å². The quantitative estimate of drug-likeness (QED) is 0.514. The van der Waals surface area contributed by atoms with Crippen LogP contribution < -0.4 is 5.32 Å². The van der Waals surface area contributed by atoms with Gasteiger partial charge < -0.3 is 14.7 Å². The predicted octanol–water partition coefficient (Wildman–Crippen LogP) is 3.43. The number of carbonyl (C=O) groups is 2. The van der Waals surface area contributed by atoms with Crippen molar-refractivity contribution in [3.63, 3.8) is 0 Å². The molecule has 0 aliphatic heterocycles. The molecule has 1 N–H and O–H groups in total. The highest BCUT2D eigenvalue weighted by Gasteiger charge is 2.28. The zero-order chi connectivity index (χ0) is 22.0. The van der Waals surface area contributed by atoms with Crippen LogP contribution in [0.25, 0.3) is 17.0 Å². The lowest BCUT2D eigenvalue weighted by molar-refractivity contribution is 0.0764. The van der Waals surface area contributed by atoms with Crippen LogP contribution >= 0.6 is 0 Å². The fourth-order valence-electron chi connectivity index (χ4n) is 3.30. The maximum absolute atomic E-state index is 12.9. The summed E-state index contributed by atoms with van der Waals surface area (Å²) in [6.07, 6.45) is 1.71. The molecule has 0 spiro atoms. The molecule has 2 amide bonds. The first-order chi connectivity index (χ1) is 15.0. The summed E-state index contributed by atoms with van der Waals surface area (Å²) < 4.78 is 6.83. The molecule has 0 saturated carbocycles. The third kappa shape index (κ3) is 3.89. The largest absolute Gasteiger partial charge is 0.350 e. The number of rotatable bonds is 6. The molecule has 31 heavy (non-hydrogen) atoms. The van der Waals surface area contributed by atoms with E-state index in [1.165, 1.54) is 0 Å². The fourth-order valence-corrected chi connectivity index (χ4v) is 3.30. The van der Waals surface area contributed by atoms with Gasteiger partial charge in [-0.3, -0.25) is 9.59 Å². The average Bonchev–Trinajstić information content (AvgIpc) is 3.38.